The molecule has 6 heteroatoms. The number of carboxylic acid groups (broad SMARTS) is 1. The third-order valence-electron chi connectivity index (χ3n) is 3.84. The molecule has 1 aromatic carbocycles. The van der Waals surface area contributed by atoms with Crippen molar-refractivity contribution in [2.24, 2.45) is 0 Å². The summed E-state index contributed by atoms with van der Waals surface area (Å²) in [6.07, 6.45) is 0.778. The van der Waals surface area contributed by atoms with Crippen LogP contribution in [0.3, 0.4) is 0 Å². The van der Waals surface area contributed by atoms with Crippen LogP contribution < -0.4 is 5.73 Å². The number of anilines is 1. The zero-order valence-electron chi connectivity index (χ0n) is 12.2. The highest BCUT2D eigenvalue weighted by atomic mass is 16.4. The zero-order chi connectivity index (χ0) is 15.4. The molecule has 1 saturated heterocycles. The van der Waals surface area contributed by atoms with Gasteiger partial charge in [-0.1, -0.05) is 6.07 Å². The molecule has 6 nitrogen and oxygen atoms in total. The molecule has 1 amide bonds. The summed E-state index contributed by atoms with van der Waals surface area (Å²) >= 11 is 0. The SMILES string of the molecule is Cc1c(N)cccc1C(=O)N1CCCN(CC(=O)O)CC1. The number of nitrogens with zero attached hydrogens (tertiary/aromatic N) is 2. The van der Waals surface area contributed by atoms with Gasteiger partial charge in [0.05, 0.1) is 6.54 Å². The summed E-state index contributed by atoms with van der Waals surface area (Å²) in [5.41, 5.74) is 7.89. The maximum atomic E-state index is 12.6. The second-order valence-corrected chi connectivity index (χ2v) is 5.34. The van der Waals surface area contributed by atoms with Crippen LogP contribution >= 0.6 is 0 Å². The van der Waals surface area contributed by atoms with Crippen LogP contribution in [0.25, 0.3) is 0 Å². The summed E-state index contributed by atoms with van der Waals surface area (Å²) < 4.78 is 0. The number of nitrogen functional groups attached to an aromatic ring is 1. The number of carboxylic acids is 1. The van der Waals surface area contributed by atoms with Crippen molar-refractivity contribution >= 4 is 17.6 Å². The van der Waals surface area contributed by atoms with Gasteiger partial charge in [-0.3, -0.25) is 14.5 Å². The molecule has 1 aliphatic heterocycles. The lowest BCUT2D eigenvalue weighted by atomic mass is 10.1. The normalized spacial score (nSPS) is 16.5. The number of hydrogen-bond acceptors (Lipinski definition) is 4. The second-order valence-electron chi connectivity index (χ2n) is 5.34. The average molecular weight is 291 g/mol. The molecule has 0 atom stereocenters. The Labute approximate surface area is 124 Å². The summed E-state index contributed by atoms with van der Waals surface area (Å²) in [7, 11) is 0. The zero-order valence-corrected chi connectivity index (χ0v) is 12.2. The van der Waals surface area contributed by atoms with E-state index >= 15 is 0 Å². The quantitative estimate of drug-likeness (QED) is 0.805. The fourth-order valence-electron chi connectivity index (χ4n) is 2.58. The number of carbonyl (C=O) groups is 2. The molecule has 21 heavy (non-hydrogen) atoms. The van der Waals surface area contributed by atoms with Crippen LogP contribution in [-0.4, -0.2) is 59.5 Å². The van der Waals surface area contributed by atoms with Gasteiger partial charge in [0.25, 0.3) is 5.91 Å². The van der Waals surface area contributed by atoms with Crippen molar-refractivity contribution in [2.45, 2.75) is 13.3 Å². The van der Waals surface area contributed by atoms with E-state index in [1.54, 1.807) is 23.1 Å². The van der Waals surface area contributed by atoms with E-state index in [1.165, 1.54) is 0 Å². The number of hydrogen-bond donors (Lipinski definition) is 2. The lowest BCUT2D eigenvalue weighted by molar-refractivity contribution is -0.138. The van der Waals surface area contributed by atoms with Gasteiger partial charge in [-0.25, -0.2) is 0 Å². The predicted octanol–water partition coefficient (Wildman–Crippen LogP) is 0.810. The van der Waals surface area contributed by atoms with Crippen molar-refractivity contribution in [3.8, 4) is 0 Å². The Morgan fingerprint density at radius 2 is 2.00 bits per heavy atom. The summed E-state index contributed by atoms with van der Waals surface area (Å²) in [6.45, 7) is 4.34. The molecule has 0 aliphatic carbocycles. The Morgan fingerprint density at radius 1 is 1.24 bits per heavy atom. The topological polar surface area (TPSA) is 86.9 Å². The smallest absolute Gasteiger partial charge is 0.317 e. The maximum absolute atomic E-state index is 12.6. The number of carbonyl (C=O) groups excluding carboxylic acids is 1. The highest BCUT2D eigenvalue weighted by molar-refractivity contribution is 5.96. The molecule has 0 radical (unpaired) electrons. The standard InChI is InChI=1S/C15H21N3O3/c1-11-12(4-2-5-13(11)16)15(21)18-7-3-6-17(8-9-18)10-14(19)20/h2,4-5H,3,6-10,16H2,1H3,(H,19,20). The van der Waals surface area contributed by atoms with Gasteiger partial charge < -0.3 is 15.7 Å². The first kappa shape index (κ1) is 15.3. The summed E-state index contributed by atoms with van der Waals surface area (Å²) in [5.74, 6) is -0.863. The number of amides is 1. The lowest BCUT2D eigenvalue weighted by Gasteiger charge is -2.22. The molecule has 3 N–H and O–H groups in total. The van der Waals surface area contributed by atoms with E-state index in [0.29, 0.717) is 37.4 Å². The Balaban J connectivity index is 2.06. The molecular weight excluding hydrogens is 270 g/mol. The van der Waals surface area contributed by atoms with Crippen LogP contribution in [0.5, 0.6) is 0 Å². The first-order chi connectivity index (χ1) is 9.99. The minimum absolute atomic E-state index is 0.0271. The third kappa shape index (κ3) is 3.72. The minimum Gasteiger partial charge on any atom is -0.480 e. The lowest BCUT2D eigenvalue weighted by Crippen LogP contribution is -2.37. The van der Waals surface area contributed by atoms with Crippen LogP contribution in [0.1, 0.15) is 22.3 Å². The van der Waals surface area contributed by atoms with Gasteiger partial charge in [-0.2, -0.15) is 0 Å². The molecule has 1 aliphatic rings. The number of rotatable bonds is 3. The van der Waals surface area contributed by atoms with Crippen molar-refractivity contribution in [3.05, 3.63) is 29.3 Å². The fraction of sp³-hybridized carbons (Fsp3) is 0.467. The van der Waals surface area contributed by atoms with E-state index in [9.17, 15) is 9.59 Å². The minimum atomic E-state index is -0.832. The van der Waals surface area contributed by atoms with Crippen molar-refractivity contribution in [3.63, 3.8) is 0 Å². The van der Waals surface area contributed by atoms with Crippen molar-refractivity contribution in [1.82, 2.24) is 9.80 Å². The van der Waals surface area contributed by atoms with E-state index in [4.69, 9.17) is 10.8 Å². The largest absolute Gasteiger partial charge is 0.480 e. The van der Waals surface area contributed by atoms with Gasteiger partial charge in [-0.15, -0.1) is 0 Å². The van der Waals surface area contributed by atoms with E-state index < -0.39 is 5.97 Å². The Morgan fingerprint density at radius 3 is 2.71 bits per heavy atom. The molecule has 1 heterocycles. The van der Waals surface area contributed by atoms with Crippen molar-refractivity contribution in [2.75, 3.05) is 38.5 Å². The van der Waals surface area contributed by atoms with Gasteiger partial charge in [0.15, 0.2) is 0 Å². The van der Waals surface area contributed by atoms with Gasteiger partial charge >= 0.3 is 5.97 Å². The molecule has 0 aromatic heterocycles. The van der Waals surface area contributed by atoms with Crippen LogP contribution in [0.4, 0.5) is 5.69 Å². The van der Waals surface area contributed by atoms with E-state index in [0.717, 1.165) is 12.0 Å². The molecular formula is C15H21N3O3. The highest BCUT2D eigenvalue weighted by Gasteiger charge is 2.22. The summed E-state index contributed by atoms with van der Waals surface area (Å²) in [5, 5.41) is 8.84. The molecule has 0 unspecified atom stereocenters. The van der Waals surface area contributed by atoms with Crippen molar-refractivity contribution in [1.29, 1.82) is 0 Å². The second kappa shape index (κ2) is 6.58. The molecule has 0 bridgehead atoms. The number of aliphatic carboxylic acids is 1. The number of nitrogens with two attached hydrogens (primary N) is 1. The van der Waals surface area contributed by atoms with Gasteiger partial charge in [0.2, 0.25) is 0 Å². The summed E-state index contributed by atoms with van der Waals surface area (Å²) in [6, 6.07) is 5.35. The number of benzene rings is 1. The molecule has 1 fully saturated rings. The first-order valence-electron chi connectivity index (χ1n) is 7.07. The average Bonchev–Trinajstić information content (AvgIpc) is 2.66. The molecule has 0 saturated carbocycles. The van der Waals surface area contributed by atoms with Crippen LogP contribution in [0, 0.1) is 6.92 Å². The summed E-state index contributed by atoms with van der Waals surface area (Å²) in [4.78, 5) is 27.0. The van der Waals surface area contributed by atoms with Gasteiger partial charge in [-0.05, 0) is 31.0 Å². The molecule has 2 rings (SSSR count). The molecule has 1 aromatic rings. The van der Waals surface area contributed by atoms with Gasteiger partial charge in [0.1, 0.15) is 0 Å². The molecule has 0 spiro atoms. The predicted molar refractivity (Wildman–Crippen MR) is 80.2 cm³/mol. The Hall–Kier alpha value is -2.08. The Kier molecular flexibility index (Phi) is 4.80. The fourth-order valence-corrected chi connectivity index (χ4v) is 2.58. The Bertz CT molecular complexity index is 545. The van der Waals surface area contributed by atoms with E-state index in [-0.39, 0.29) is 12.5 Å². The van der Waals surface area contributed by atoms with Crippen LogP contribution in [0.15, 0.2) is 18.2 Å². The first-order valence-corrected chi connectivity index (χ1v) is 7.07. The third-order valence-corrected chi connectivity index (χ3v) is 3.84. The van der Waals surface area contributed by atoms with Crippen LogP contribution in [-0.2, 0) is 4.79 Å². The van der Waals surface area contributed by atoms with Crippen molar-refractivity contribution < 1.29 is 14.7 Å². The monoisotopic (exact) mass is 291 g/mol. The highest BCUT2D eigenvalue weighted by Crippen LogP contribution is 2.18. The van der Waals surface area contributed by atoms with E-state index in [2.05, 4.69) is 0 Å². The van der Waals surface area contributed by atoms with Crippen LogP contribution in [0.2, 0.25) is 0 Å². The molecule has 114 valence electrons. The maximum Gasteiger partial charge on any atom is 0.317 e. The van der Waals surface area contributed by atoms with E-state index in [1.807, 2.05) is 11.8 Å². The van der Waals surface area contributed by atoms with Gasteiger partial charge in [0, 0.05) is 37.4 Å².